The summed E-state index contributed by atoms with van der Waals surface area (Å²) in [5.74, 6) is -0.739. The highest BCUT2D eigenvalue weighted by Crippen LogP contribution is 2.36. The average Bonchev–Trinajstić information content (AvgIpc) is 3.09. The molecule has 0 saturated carbocycles. The second-order valence-corrected chi connectivity index (χ2v) is 14.2. The number of carboxylic acid groups (broad SMARTS) is 1. The number of piperidine rings is 1. The number of halogens is 2. The van der Waals surface area contributed by atoms with Crippen LogP contribution in [0.1, 0.15) is 45.8 Å². The number of carbonyl (C=O) groups is 1. The first kappa shape index (κ1) is 33.6. The van der Waals surface area contributed by atoms with Gasteiger partial charge in [-0.15, -0.1) is 0 Å². The van der Waals surface area contributed by atoms with Crippen LogP contribution in [-0.4, -0.2) is 71.2 Å². The summed E-state index contributed by atoms with van der Waals surface area (Å²) in [6, 6.07) is 26.6. The van der Waals surface area contributed by atoms with E-state index in [1.165, 1.54) is 28.6 Å². The maximum Gasteiger partial charge on any atom is 0.335 e. The van der Waals surface area contributed by atoms with Crippen LogP contribution in [0.5, 0.6) is 6.01 Å². The van der Waals surface area contributed by atoms with Crippen LogP contribution >= 0.6 is 23.2 Å². The zero-order valence-corrected chi connectivity index (χ0v) is 27.9. The van der Waals surface area contributed by atoms with Gasteiger partial charge in [0.15, 0.2) is 0 Å². The second-order valence-electron chi connectivity index (χ2n) is 11.4. The Balaban J connectivity index is 1.30. The second kappa shape index (κ2) is 14.5. The number of nitrogens with one attached hydrogen (secondary N) is 1. The van der Waals surface area contributed by atoms with Gasteiger partial charge in [-0.05, 0) is 90.2 Å². The number of rotatable bonds is 11. The Morgan fingerprint density at radius 1 is 0.875 bits per heavy atom. The number of carboxylic acids is 1. The lowest BCUT2D eigenvalue weighted by molar-refractivity contribution is 0.0696. The zero-order valence-electron chi connectivity index (χ0n) is 25.6. The van der Waals surface area contributed by atoms with E-state index in [1.807, 2.05) is 66.7 Å². The highest BCUT2D eigenvalue weighted by Gasteiger charge is 2.30. The molecule has 3 N–H and O–H groups in total. The van der Waals surface area contributed by atoms with Crippen LogP contribution in [-0.2, 0) is 10.0 Å². The molecule has 1 aliphatic heterocycles. The van der Waals surface area contributed by atoms with Gasteiger partial charge in [0.05, 0.1) is 22.6 Å². The van der Waals surface area contributed by atoms with Gasteiger partial charge in [-0.2, -0.15) is 14.3 Å². The van der Waals surface area contributed by atoms with Crippen molar-refractivity contribution < 1.29 is 28.2 Å². The van der Waals surface area contributed by atoms with Crippen LogP contribution in [0.15, 0.2) is 95.9 Å². The molecular formula is C35H32Cl2N4O6S. The highest BCUT2D eigenvalue weighted by atomic mass is 35.5. The van der Waals surface area contributed by atoms with E-state index in [9.17, 15) is 18.3 Å². The Hall–Kier alpha value is -4.26. The summed E-state index contributed by atoms with van der Waals surface area (Å²) in [4.78, 5) is 20.5. The van der Waals surface area contributed by atoms with Gasteiger partial charge in [0.1, 0.15) is 12.4 Å². The summed E-state index contributed by atoms with van der Waals surface area (Å²) in [5, 5.41) is 24.0. The van der Waals surface area contributed by atoms with Gasteiger partial charge in [0.2, 0.25) is 10.0 Å². The quantitative estimate of drug-likeness (QED) is 0.132. The van der Waals surface area contributed by atoms with Crippen LogP contribution in [0.25, 0.3) is 10.9 Å². The van der Waals surface area contributed by atoms with Gasteiger partial charge in [0, 0.05) is 40.5 Å². The third-order valence-electron chi connectivity index (χ3n) is 8.30. The van der Waals surface area contributed by atoms with Crippen molar-refractivity contribution in [3.63, 3.8) is 0 Å². The SMILES string of the molecule is O=C(O)c1ccc(S(=O)(=O)N2CCC(Nc3nc(OCCO)nc4ccc(C(c5ccc(Cl)cc5)c5ccc(Cl)cc5)cc34)CC2)cc1. The van der Waals surface area contributed by atoms with Crippen molar-refractivity contribution in [2.24, 2.45) is 0 Å². The largest absolute Gasteiger partial charge is 0.478 e. The molecular weight excluding hydrogens is 675 g/mol. The molecule has 13 heteroatoms. The minimum atomic E-state index is -3.80. The van der Waals surface area contributed by atoms with E-state index in [4.69, 9.17) is 33.0 Å². The van der Waals surface area contributed by atoms with Crippen molar-refractivity contribution in [3.05, 3.63) is 123 Å². The molecule has 0 bridgehead atoms. The van der Waals surface area contributed by atoms with Crippen LogP contribution < -0.4 is 10.1 Å². The molecule has 0 atom stereocenters. The van der Waals surface area contributed by atoms with Gasteiger partial charge in [0.25, 0.3) is 0 Å². The van der Waals surface area contributed by atoms with Crippen molar-refractivity contribution in [1.82, 2.24) is 14.3 Å². The number of aliphatic hydroxyl groups excluding tert-OH is 1. The molecule has 5 aromatic rings. The Morgan fingerprint density at radius 2 is 1.46 bits per heavy atom. The summed E-state index contributed by atoms with van der Waals surface area (Å²) in [5.41, 5.74) is 3.71. The fourth-order valence-electron chi connectivity index (χ4n) is 5.86. The first-order chi connectivity index (χ1) is 23.1. The van der Waals surface area contributed by atoms with Gasteiger partial charge >= 0.3 is 12.0 Å². The summed E-state index contributed by atoms with van der Waals surface area (Å²) < 4.78 is 33.6. The number of anilines is 1. The number of fused-ring (bicyclic) bond motifs is 1. The average molecular weight is 708 g/mol. The number of ether oxygens (including phenoxy) is 1. The molecule has 2 heterocycles. The lowest BCUT2D eigenvalue weighted by Gasteiger charge is -2.32. The number of hydrogen-bond donors (Lipinski definition) is 3. The fraction of sp³-hybridized carbons (Fsp3) is 0.229. The summed E-state index contributed by atoms with van der Waals surface area (Å²) in [7, 11) is -3.80. The third kappa shape index (κ3) is 7.40. The number of nitrogens with zero attached hydrogens (tertiary/aromatic N) is 3. The van der Waals surface area contributed by atoms with Crippen LogP contribution in [0.3, 0.4) is 0 Å². The van der Waals surface area contributed by atoms with Crippen molar-refractivity contribution in [2.45, 2.75) is 29.7 Å². The fourth-order valence-corrected chi connectivity index (χ4v) is 7.58. The van der Waals surface area contributed by atoms with Gasteiger partial charge in [-0.25, -0.2) is 13.2 Å². The number of sulfonamides is 1. The Kier molecular flexibility index (Phi) is 10.1. The molecule has 1 fully saturated rings. The molecule has 0 spiro atoms. The minimum absolute atomic E-state index is 0.0204. The standard InChI is InChI=1S/C35H32Cl2N4O6S/c36-26-8-1-22(2-9-26)32(23-3-10-27(37)11-4-23)25-7-14-31-30(21-25)33(40-35(39-31)47-20-19-42)38-28-15-17-41(18-16-28)48(45,46)29-12-5-24(6-13-29)34(43)44/h1-14,21,28,32,42H,15-20H2,(H,43,44)(H,38,39,40). The topological polar surface area (TPSA) is 142 Å². The predicted octanol–water partition coefficient (Wildman–Crippen LogP) is 6.45. The highest BCUT2D eigenvalue weighted by molar-refractivity contribution is 7.89. The molecule has 4 aromatic carbocycles. The minimum Gasteiger partial charge on any atom is -0.478 e. The number of aliphatic hydroxyl groups is 1. The number of hydrogen-bond acceptors (Lipinski definition) is 8. The molecule has 48 heavy (non-hydrogen) atoms. The molecule has 0 aliphatic carbocycles. The van der Waals surface area contributed by atoms with E-state index in [2.05, 4.69) is 15.3 Å². The van der Waals surface area contributed by atoms with E-state index in [0.717, 1.165) is 22.1 Å². The maximum atomic E-state index is 13.3. The van der Waals surface area contributed by atoms with Crippen molar-refractivity contribution in [2.75, 3.05) is 31.6 Å². The summed E-state index contributed by atoms with van der Waals surface area (Å²) in [6.45, 7) is 0.358. The molecule has 248 valence electrons. The number of benzene rings is 4. The normalized spacial score (nSPS) is 14.3. The van der Waals surface area contributed by atoms with Crippen LogP contribution in [0.2, 0.25) is 10.0 Å². The summed E-state index contributed by atoms with van der Waals surface area (Å²) in [6.07, 6.45) is 1.01. The van der Waals surface area contributed by atoms with Crippen molar-refractivity contribution in [3.8, 4) is 6.01 Å². The molecule has 1 saturated heterocycles. The van der Waals surface area contributed by atoms with E-state index >= 15 is 0 Å². The van der Waals surface area contributed by atoms with Gasteiger partial charge < -0.3 is 20.3 Å². The number of aromatic nitrogens is 2. The van der Waals surface area contributed by atoms with Crippen LogP contribution in [0, 0.1) is 0 Å². The van der Waals surface area contributed by atoms with Crippen molar-refractivity contribution >= 4 is 55.9 Å². The summed E-state index contributed by atoms with van der Waals surface area (Å²) >= 11 is 12.5. The van der Waals surface area contributed by atoms with Crippen molar-refractivity contribution in [1.29, 1.82) is 0 Å². The predicted molar refractivity (Wildman–Crippen MR) is 185 cm³/mol. The molecule has 10 nitrogen and oxygen atoms in total. The molecule has 0 unspecified atom stereocenters. The Morgan fingerprint density at radius 3 is 2.02 bits per heavy atom. The lowest BCUT2D eigenvalue weighted by Crippen LogP contribution is -2.42. The monoisotopic (exact) mass is 706 g/mol. The molecule has 1 aromatic heterocycles. The van der Waals surface area contributed by atoms with Crippen LogP contribution in [0.4, 0.5) is 5.82 Å². The van der Waals surface area contributed by atoms with E-state index in [0.29, 0.717) is 34.2 Å². The van der Waals surface area contributed by atoms with E-state index in [-0.39, 0.29) is 54.7 Å². The first-order valence-corrected chi connectivity index (χ1v) is 17.5. The van der Waals surface area contributed by atoms with Gasteiger partial charge in [-0.3, -0.25) is 0 Å². The number of aromatic carboxylic acids is 1. The Labute approximate surface area is 288 Å². The van der Waals surface area contributed by atoms with E-state index in [1.54, 1.807) is 0 Å². The molecule has 0 radical (unpaired) electrons. The molecule has 0 amide bonds. The maximum absolute atomic E-state index is 13.3. The smallest absolute Gasteiger partial charge is 0.335 e. The lowest BCUT2D eigenvalue weighted by atomic mass is 9.84. The third-order valence-corrected chi connectivity index (χ3v) is 10.7. The van der Waals surface area contributed by atoms with E-state index < -0.39 is 16.0 Å². The van der Waals surface area contributed by atoms with Gasteiger partial charge in [-0.1, -0.05) is 53.5 Å². The first-order valence-electron chi connectivity index (χ1n) is 15.3. The molecule has 1 aliphatic rings. The zero-order chi connectivity index (χ0) is 33.8. The molecule has 6 rings (SSSR count). The Bertz CT molecular complexity index is 1970.